The molecule has 0 heterocycles. The van der Waals surface area contributed by atoms with Crippen LogP contribution in [0.5, 0.6) is 0 Å². The maximum atomic E-state index is 10.2. The van der Waals surface area contributed by atoms with Gasteiger partial charge in [0.2, 0.25) is 0 Å². The van der Waals surface area contributed by atoms with E-state index in [1.165, 1.54) is 64.2 Å². The molecular weight excluding hydrogens is 306 g/mol. The van der Waals surface area contributed by atoms with E-state index in [2.05, 4.69) is 13.0 Å². The lowest BCUT2D eigenvalue weighted by molar-refractivity contribution is -0.137. The van der Waals surface area contributed by atoms with Gasteiger partial charge in [0.15, 0.2) is 0 Å². The fourth-order valence-corrected chi connectivity index (χ4v) is 9.04. The highest BCUT2D eigenvalue weighted by Crippen LogP contribution is 2.70. The van der Waals surface area contributed by atoms with E-state index in [1.54, 1.807) is 0 Å². The first kappa shape index (κ1) is 16.6. The molecule has 0 aromatic rings. The molecule has 5 saturated carbocycles. The Balaban J connectivity index is 1.41. The zero-order valence-corrected chi connectivity index (χ0v) is 15.9. The topological polar surface area (TPSA) is 44.0 Å². The third-order valence-electron chi connectivity index (χ3n) is 10.2. The molecule has 5 aliphatic carbocycles. The zero-order valence-electron chi connectivity index (χ0n) is 15.9. The summed E-state index contributed by atoms with van der Waals surface area (Å²) >= 11 is 0. The van der Waals surface area contributed by atoms with Crippen LogP contribution in [0.1, 0.15) is 84.0 Å². The van der Waals surface area contributed by atoms with Gasteiger partial charge in [-0.15, -0.1) is 0 Å². The van der Waals surface area contributed by atoms with Gasteiger partial charge in [-0.05, 0) is 117 Å². The van der Waals surface area contributed by atoms with Crippen LogP contribution in [-0.2, 0) is 0 Å². The standard InChI is InChI=1S/C23H35NO/c1-22-9-7-18(25)13-16(22)2-4-19-20(22)8-11-23-10-6-15(14-24)12-17(23)3-5-21(19)23/h15-21,25H,2-13H2,1H3/t15-,16-,17+,18+,19+,20-,21-,22-,23?/m0/s1. The number of hydrogen-bond donors (Lipinski definition) is 1. The number of nitriles is 1. The molecule has 1 unspecified atom stereocenters. The van der Waals surface area contributed by atoms with E-state index in [0.29, 0.717) is 16.7 Å². The van der Waals surface area contributed by atoms with E-state index in [-0.39, 0.29) is 6.10 Å². The van der Waals surface area contributed by atoms with Crippen LogP contribution in [0, 0.1) is 57.7 Å². The van der Waals surface area contributed by atoms with E-state index in [4.69, 9.17) is 0 Å². The lowest BCUT2D eigenvalue weighted by Gasteiger charge is -2.62. The summed E-state index contributed by atoms with van der Waals surface area (Å²) in [5.41, 5.74) is 1.12. The SMILES string of the molecule is C[C@]12CC[C@@H](O)C[C@@H]1CC[C@H]1[C@@H]3CC[C@@H]4C[C@@H](C#N)CCC43CC[C@@H]12. The Bertz CT molecular complexity index is 581. The van der Waals surface area contributed by atoms with Crippen molar-refractivity contribution < 1.29 is 5.11 Å². The monoisotopic (exact) mass is 341 g/mol. The number of aliphatic hydroxyl groups excluding tert-OH is 1. The minimum atomic E-state index is -0.0262. The number of aliphatic hydroxyl groups is 1. The van der Waals surface area contributed by atoms with Crippen LogP contribution < -0.4 is 0 Å². The molecule has 9 atom stereocenters. The van der Waals surface area contributed by atoms with E-state index < -0.39 is 0 Å². The van der Waals surface area contributed by atoms with Gasteiger partial charge in [0.1, 0.15) is 0 Å². The van der Waals surface area contributed by atoms with Gasteiger partial charge in [-0.1, -0.05) is 6.92 Å². The number of fused-ring (bicyclic) bond motifs is 4. The molecule has 1 N–H and O–H groups in total. The lowest BCUT2D eigenvalue weighted by Crippen LogP contribution is -2.55. The van der Waals surface area contributed by atoms with Crippen molar-refractivity contribution in [3.63, 3.8) is 0 Å². The molecule has 0 aliphatic heterocycles. The average Bonchev–Trinajstić information content (AvgIpc) is 3.01. The fraction of sp³-hybridized carbons (Fsp3) is 0.957. The van der Waals surface area contributed by atoms with Crippen molar-refractivity contribution in [2.45, 2.75) is 90.1 Å². The third kappa shape index (κ3) is 2.24. The van der Waals surface area contributed by atoms with Crippen molar-refractivity contribution in [1.29, 1.82) is 5.26 Å². The van der Waals surface area contributed by atoms with Crippen molar-refractivity contribution >= 4 is 0 Å². The predicted octanol–water partition coefficient (Wildman–Crippen LogP) is 5.31. The van der Waals surface area contributed by atoms with E-state index in [9.17, 15) is 10.4 Å². The van der Waals surface area contributed by atoms with Crippen LogP contribution in [0.3, 0.4) is 0 Å². The molecule has 25 heavy (non-hydrogen) atoms. The van der Waals surface area contributed by atoms with Crippen molar-refractivity contribution in [3.8, 4) is 6.07 Å². The molecule has 0 amide bonds. The molecule has 0 radical (unpaired) electrons. The summed E-state index contributed by atoms with van der Waals surface area (Å²) in [6, 6.07) is 2.59. The smallest absolute Gasteiger partial charge is 0.0655 e. The summed E-state index contributed by atoms with van der Waals surface area (Å²) in [7, 11) is 0. The van der Waals surface area contributed by atoms with Crippen molar-refractivity contribution in [2.24, 2.45) is 46.3 Å². The Kier molecular flexibility index (Phi) is 3.80. The van der Waals surface area contributed by atoms with Crippen molar-refractivity contribution in [1.82, 2.24) is 0 Å². The second kappa shape index (κ2) is 5.72. The van der Waals surface area contributed by atoms with Gasteiger partial charge in [0.05, 0.1) is 12.2 Å². The molecule has 138 valence electrons. The summed E-state index contributed by atoms with van der Waals surface area (Å²) < 4.78 is 0. The van der Waals surface area contributed by atoms with Gasteiger partial charge >= 0.3 is 0 Å². The molecule has 0 aromatic heterocycles. The number of nitrogens with zero attached hydrogens (tertiary/aromatic N) is 1. The average molecular weight is 342 g/mol. The Morgan fingerprint density at radius 1 is 0.840 bits per heavy atom. The highest BCUT2D eigenvalue weighted by Gasteiger charge is 2.62. The summed E-state index contributed by atoms with van der Waals surface area (Å²) in [6.07, 6.45) is 15.6. The molecule has 1 spiro atoms. The number of hydrogen-bond acceptors (Lipinski definition) is 2. The second-order valence-corrected chi connectivity index (χ2v) is 10.7. The highest BCUT2D eigenvalue weighted by molar-refractivity contribution is 5.12. The molecule has 0 bridgehead atoms. The minimum Gasteiger partial charge on any atom is -0.393 e. The second-order valence-electron chi connectivity index (χ2n) is 10.7. The molecule has 0 saturated heterocycles. The van der Waals surface area contributed by atoms with Gasteiger partial charge in [0, 0.05) is 5.92 Å². The van der Waals surface area contributed by atoms with Crippen LogP contribution in [0.2, 0.25) is 0 Å². The lowest BCUT2D eigenvalue weighted by atomic mass is 9.43. The fourth-order valence-electron chi connectivity index (χ4n) is 9.04. The van der Waals surface area contributed by atoms with E-state index in [1.807, 2.05) is 0 Å². The van der Waals surface area contributed by atoms with E-state index in [0.717, 1.165) is 42.4 Å². The predicted molar refractivity (Wildman–Crippen MR) is 98.5 cm³/mol. The first-order chi connectivity index (χ1) is 12.1. The maximum Gasteiger partial charge on any atom is 0.0655 e. The molecule has 2 heteroatoms. The normalized spacial score (nSPS) is 57.6. The van der Waals surface area contributed by atoms with Crippen LogP contribution in [0.15, 0.2) is 0 Å². The first-order valence-electron chi connectivity index (χ1n) is 11.1. The van der Waals surface area contributed by atoms with Crippen LogP contribution in [0.4, 0.5) is 0 Å². The Hall–Kier alpha value is -0.550. The van der Waals surface area contributed by atoms with Crippen LogP contribution in [0.25, 0.3) is 0 Å². The highest BCUT2D eigenvalue weighted by atomic mass is 16.3. The molecule has 5 rings (SSSR count). The largest absolute Gasteiger partial charge is 0.393 e. The third-order valence-corrected chi connectivity index (χ3v) is 10.2. The van der Waals surface area contributed by atoms with Crippen molar-refractivity contribution in [2.75, 3.05) is 0 Å². The van der Waals surface area contributed by atoms with Crippen LogP contribution in [-0.4, -0.2) is 11.2 Å². The molecule has 0 aromatic carbocycles. The molecule has 5 fully saturated rings. The van der Waals surface area contributed by atoms with Crippen LogP contribution >= 0.6 is 0 Å². The minimum absolute atomic E-state index is 0.0262. The van der Waals surface area contributed by atoms with Gasteiger partial charge in [-0.2, -0.15) is 5.26 Å². The summed E-state index contributed by atoms with van der Waals surface area (Å²) in [5, 5.41) is 19.6. The Morgan fingerprint density at radius 3 is 2.48 bits per heavy atom. The summed E-state index contributed by atoms with van der Waals surface area (Å²) in [4.78, 5) is 0. The van der Waals surface area contributed by atoms with Gasteiger partial charge in [0.25, 0.3) is 0 Å². The van der Waals surface area contributed by atoms with Gasteiger partial charge < -0.3 is 5.11 Å². The van der Waals surface area contributed by atoms with Crippen molar-refractivity contribution in [3.05, 3.63) is 0 Å². The quantitative estimate of drug-likeness (QED) is 0.649. The summed E-state index contributed by atoms with van der Waals surface area (Å²) in [5.74, 6) is 4.81. The summed E-state index contributed by atoms with van der Waals surface area (Å²) in [6.45, 7) is 2.59. The number of rotatable bonds is 0. The van der Waals surface area contributed by atoms with E-state index >= 15 is 0 Å². The first-order valence-corrected chi connectivity index (χ1v) is 11.1. The van der Waals surface area contributed by atoms with Gasteiger partial charge in [-0.3, -0.25) is 0 Å². The van der Waals surface area contributed by atoms with Gasteiger partial charge in [-0.25, -0.2) is 0 Å². The zero-order chi connectivity index (χ0) is 17.2. The Morgan fingerprint density at radius 2 is 1.64 bits per heavy atom. The molecule has 2 nitrogen and oxygen atoms in total. The Labute approximate surface area is 153 Å². The molecule has 5 aliphatic rings. The maximum absolute atomic E-state index is 10.2. The molecular formula is C23H35NO.